The molecule has 1 saturated heterocycles. The molecule has 1 saturated carbocycles. The lowest BCUT2D eigenvalue weighted by Gasteiger charge is -2.57. The minimum atomic E-state index is -1.07. The number of hydrogen-bond donors (Lipinski definition) is 3. The topological polar surface area (TPSA) is 121 Å². The summed E-state index contributed by atoms with van der Waals surface area (Å²) in [5.74, 6) is -1.21. The fourth-order valence-electron chi connectivity index (χ4n) is 5.84. The molecule has 3 aliphatic rings. The number of cyclic esters (lactones) is 1. The van der Waals surface area contributed by atoms with Crippen LogP contribution in [0.5, 0.6) is 0 Å². The molecular weight excluding hydrogens is 390 g/mol. The summed E-state index contributed by atoms with van der Waals surface area (Å²) in [5, 5.41) is 29.2. The molecule has 1 heterocycles. The van der Waals surface area contributed by atoms with Crippen LogP contribution in [0.2, 0.25) is 0 Å². The first kappa shape index (κ1) is 21.0. The molecule has 2 aliphatic carbocycles. The summed E-state index contributed by atoms with van der Waals surface area (Å²) in [4.78, 5) is 25.2. The quantitative estimate of drug-likeness (QED) is 0.502. The van der Waals surface area contributed by atoms with Gasteiger partial charge in [0.05, 0.1) is 12.2 Å². The Labute approximate surface area is 174 Å². The van der Waals surface area contributed by atoms with Gasteiger partial charge in [-0.3, -0.25) is 0 Å². The number of nitrogens with one attached hydrogen (secondary N) is 1. The number of aliphatic hydroxyl groups excluding tert-OH is 1. The number of rotatable bonds is 4. The number of hydrogen-bond acceptors (Lipinski definition) is 7. The van der Waals surface area contributed by atoms with E-state index in [9.17, 15) is 19.9 Å². The van der Waals surface area contributed by atoms with Crippen molar-refractivity contribution in [3.63, 3.8) is 0 Å². The zero-order valence-electron chi connectivity index (χ0n) is 17.1. The molecule has 0 bridgehead atoms. The Bertz CT molecular complexity index is 880. The Morgan fingerprint density at radius 2 is 2.00 bits per heavy atom. The fraction of sp³-hybridized carbons (Fsp3) is 0.545. The van der Waals surface area contributed by atoms with Gasteiger partial charge in [-0.2, -0.15) is 5.23 Å². The van der Waals surface area contributed by atoms with E-state index in [4.69, 9.17) is 14.7 Å². The van der Waals surface area contributed by atoms with Gasteiger partial charge in [0, 0.05) is 36.1 Å². The highest BCUT2D eigenvalue weighted by Crippen LogP contribution is 2.61. The SMILES string of the molecule is C[C@]1(CO)CCC[C@@]2(C)C1[C@H](OC(=O)c1ccc([NH+]([O-])O)cc1)C=C1C(=O)OC[C@@H]12. The first-order valence-corrected chi connectivity index (χ1v) is 10.2. The van der Waals surface area contributed by atoms with Crippen molar-refractivity contribution in [3.05, 3.63) is 46.7 Å². The Hall–Kier alpha value is -2.26. The molecule has 3 N–H and O–H groups in total. The van der Waals surface area contributed by atoms with E-state index in [-0.39, 0.29) is 41.1 Å². The first-order chi connectivity index (χ1) is 14.2. The van der Waals surface area contributed by atoms with Crippen LogP contribution in [-0.4, -0.2) is 41.6 Å². The molecule has 1 aromatic carbocycles. The van der Waals surface area contributed by atoms with Gasteiger partial charge < -0.3 is 19.8 Å². The molecule has 0 amide bonds. The average Bonchev–Trinajstić information content (AvgIpc) is 3.09. The minimum absolute atomic E-state index is 0.0423. The normalized spacial score (nSPS) is 36.2. The molecule has 6 atom stereocenters. The van der Waals surface area contributed by atoms with Gasteiger partial charge in [-0.25, -0.2) is 14.8 Å². The number of carbonyl (C=O) groups excluding carboxylic acids is 2. The number of carbonyl (C=O) groups is 2. The van der Waals surface area contributed by atoms with Crippen molar-refractivity contribution in [2.45, 2.75) is 39.2 Å². The highest BCUT2D eigenvalue weighted by atomic mass is 16.8. The van der Waals surface area contributed by atoms with E-state index in [1.165, 1.54) is 24.3 Å². The van der Waals surface area contributed by atoms with E-state index >= 15 is 0 Å². The predicted molar refractivity (Wildman–Crippen MR) is 105 cm³/mol. The van der Waals surface area contributed by atoms with E-state index in [1.54, 1.807) is 6.08 Å². The van der Waals surface area contributed by atoms with Gasteiger partial charge in [0.1, 0.15) is 6.10 Å². The molecule has 1 aliphatic heterocycles. The van der Waals surface area contributed by atoms with Crippen LogP contribution in [0.4, 0.5) is 5.69 Å². The molecule has 2 unspecified atom stereocenters. The number of aliphatic hydroxyl groups is 1. The zero-order chi connectivity index (χ0) is 21.7. The summed E-state index contributed by atoms with van der Waals surface area (Å²) in [7, 11) is 0. The van der Waals surface area contributed by atoms with Crippen LogP contribution >= 0.6 is 0 Å². The summed E-state index contributed by atoms with van der Waals surface area (Å²) >= 11 is 0. The number of fused-ring (bicyclic) bond motifs is 3. The van der Waals surface area contributed by atoms with E-state index < -0.39 is 22.7 Å². The molecule has 0 aromatic heterocycles. The fourth-order valence-corrected chi connectivity index (χ4v) is 5.84. The molecule has 8 heteroatoms. The van der Waals surface area contributed by atoms with Crippen LogP contribution in [0, 0.1) is 27.9 Å². The molecule has 8 nitrogen and oxygen atoms in total. The largest absolute Gasteiger partial charge is 0.595 e. The number of esters is 2. The molecule has 2 fully saturated rings. The summed E-state index contributed by atoms with van der Waals surface area (Å²) in [5.41, 5.74) is 0.0614. The van der Waals surface area contributed by atoms with Crippen molar-refractivity contribution in [2.75, 3.05) is 13.2 Å². The Morgan fingerprint density at radius 3 is 2.63 bits per heavy atom. The first-order valence-electron chi connectivity index (χ1n) is 10.2. The van der Waals surface area contributed by atoms with Gasteiger partial charge in [0.15, 0.2) is 5.69 Å². The maximum absolute atomic E-state index is 12.9. The third-order valence-corrected chi connectivity index (χ3v) is 7.36. The maximum Gasteiger partial charge on any atom is 0.338 e. The average molecular weight is 417 g/mol. The van der Waals surface area contributed by atoms with Crippen molar-refractivity contribution in [2.24, 2.45) is 22.7 Å². The molecule has 0 radical (unpaired) electrons. The van der Waals surface area contributed by atoms with Crippen LogP contribution in [0.1, 0.15) is 43.5 Å². The lowest BCUT2D eigenvalue weighted by molar-refractivity contribution is -0.991. The van der Waals surface area contributed by atoms with E-state index in [1.807, 2.05) is 6.92 Å². The lowest BCUT2D eigenvalue weighted by atomic mass is 9.48. The van der Waals surface area contributed by atoms with Gasteiger partial charge in [0.2, 0.25) is 0 Å². The van der Waals surface area contributed by atoms with Crippen molar-refractivity contribution < 1.29 is 34.6 Å². The van der Waals surface area contributed by atoms with Gasteiger partial charge in [-0.05, 0) is 41.9 Å². The Morgan fingerprint density at radius 1 is 1.30 bits per heavy atom. The second kappa shape index (κ2) is 7.46. The second-order valence-corrected chi connectivity index (χ2v) is 9.17. The summed E-state index contributed by atoms with van der Waals surface area (Å²) < 4.78 is 11.2. The van der Waals surface area contributed by atoms with Crippen molar-refractivity contribution >= 4 is 17.6 Å². The van der Waals surface area contributed by atoms with E-state index in [2.05, 4.69) is 6.92 Å². The molecule has 0 spiro atoms. The number of ether oxygens (including phenoxy) is 2. The van der Waals surface area contributed by atoms with E-state index in [0.29, 0.717) is 12.2 Å². The zero-order valence-corrected chi connectivity index (χ0v) is 17.1. The smallest absolute Gasteiger partial charge is 0.338 e. The van der Waals surface area contributed by atoms with Crippen LogP contribution in [0.15, 0.2) is 35.9 Å². The van der Waals surface area contributed by atoms with Gasteiger partial charge in [0.25, 0.3) is 0 Å². The minimum Gasteiger partial charge on any atom is -0.595 e. The third kappa shape index (κ3) is 3.24. The molecule has 162 valence electrons. The van der Waals surface area contributed by atoms with Gasteiger partial charge >= 0.3 is 11.9 Å². The summed E-state index contributed by atoms with van der Waals surface area (Å²) in [6.45, 7) is 4.39. The van der Waals surface area contributed by atoms with Crippen LogP contribution < -0.4 is 5.23 Å². The van der Waals surface area contributed by atoms with Crippen LogP contribution in [-0.2, 0) is 14.3 Å². The summed E-state index contributed by atoms with van der Waals surface area (Å²) in [6, 6.07) is 5.54. The van der Waals surface area contributed by atoms with Crippen molar-refractivity contribution in [1.29, 1.82) is 0 Å². The third-order valence-electron chi connectivity index (χ3n) is 7.36. The maximum atomic E-state index is 12.9. The molecule has 1 aromatic rings. The lowest BCUT2D eigenvalue weighted by Crippen LogP contribution is -2.99. The molecule has 30 heavy (non-hydrogen) atoms. The van der Waals surface area contributed by atoms with Crippen molar-refractivity contribution in [1.82, 2.24) is 0 Å². The van der Waals surface area contributed by atoms with Crippen LogP contribution in [0.3, 0.4) is 0 Å². The van der Waals surface area contributed by atoms with Crippen molar-refractivity contribution in [3.8, 4) is 0 Å². The highest BCUT2D eigenvalue weighted by molar-refractivity contribution is 5.92. The van der Waals surface area contributed by atoms with Gasteiger partial charge in [-0.1, -0.05) is 20.3 Å². The monoisotopic (exact) mass is 417 g/mol. The molecular formula is C22H27NO7. The number of quaternary nitrogens is 1. The second-order valence-electron chi connectivity index (χ2n) is 9.17. The highest BCUT2D eigenvalue weighted by Gasteiger charge is 2.61. The van der Waals surface area contributed by atoms with Crippen LogP contribution in [0.25, 0.3) is 0 Å². The Balaban J connectivity index is 1.69. The van der Waals surface area contributed by atoms with Gasteiger partial charge in [-0.15, -0.1) is 0 Å². The molecule has 4 rings (SSSR count). The Kier molecular flexibility index (Phi) is 5.22. The number of benzene rings is 1. The summed E-state index contributed by atoms with van der Waals surface area (Å²) in [6.07, 6.45) is 3.59. The van der Waals surface area contributed by atoms with E-state index in [0.717, 1.165) is 19.3 Å². The standard InChI is InChI=1S/C22H27NO7/c1-21(12-24)8-3-9-22(2)16-11-29-20(26)15(16)10-17(18(21)22)30-19(25)13-4-6-14(7-5-13)23(27)28/h4-7,10,16-18,23-24,27H,3,8-9,11-12H2,1-2H3/t16-,17+,18?,21+,22+/m0/s1. The predicted octanol–water partition coefficient (Wildman–Crippen LogP) is 1.53.